The molecule has 0 amide bonds. The summed E-state index contributed by atoms with van der Waals surface area (Å²) in [5, 5.41) is 6.84. The van der Waals surface area contributed by atoms with Crippen molar-refractivity contribution in [2.45, 2.75) is 53.1 Å². The van der Waals surface area contributed by atoms with Gasteiger partial charge in [-0.25, -0.2) is 4.98 Å². The van der Waals surface area contributed by atoms with Crippen LogP contribution < -0.4 is 10.6 Å². The number of guanidine groups is 1. The number of fused-ring (bicyclic) bond motifs is 1. The highest BCUT2D eigenvalue weighted by atomic mass is 127. The number of aryl methyl sites for hydroxylation is 1. The maximum absolute atomic E-state index is 4.68. The van der Waals surface area contributed by atoms with Gasteiger partial charge in [-0.2, -0.15) is 0 Å². The van der Waals surface area contributed by atoms with E-state index >= 15 is 0 Å². The lowest BCUT2D eigenvalue weighted by atomic mass is 9.89. The quantitative estimate of drug-likeness (QED) is 0.405. The highest BCUT2D eigenvalue weighted by molar-refractivity contribution is 14.0. The van der Waals surface area contributed by atoms with Crippen molar-refractivity contribution < 1.29 is 0 Å². The maximum Gasteiger partial charge on any atom is 0.191 e. The molecule has 2 aromatic rings. The summed E-state index contributed by atoms with van der Waals surface area (Å²) >= 11 is 0. The standard InChI is InChI=1S/C19H31N5.HI/c1-14(11-12-19(2,3)4)22-18(20-5)21-13-17-23-15-9-7-8-10-16(15)24(17)6;/h7-10,14H,11-13H2,1-6H3,(H2,20,21,22);1H. The zero-order valence-corrected chi connectivity index (χ0v) is 18.6. The van der Waals surface area contributed by atoms with Crippen molar-refractivity contribution in [3.05, 3.63) is 30.1 Å². The molecule has 25 heavy (non-hydrogen) atoms. The molecule has 0 aliphatic carbocycles. The van der Waals surface area contributed by atoms with Crippen molar-refractivity contribution in [2.75, 3.05) is 7.05 Å². The van der Waals surface area contributed by atoms with Crippen LogP contribution in [0.5, 0.6) is 0 Å². The Kier molecular flexibility index (Phi) is 8.18. The number of benzene rings is 1. The second kappa shape index (κ2) is 9.40. The number of imidazole rings is 1. The SMILES string of the molecule is CN=C(NCc1nc2ccccc2n1C)NC(C)CCC(C)(C)C.I. The van der Waals surface area contributed by atoms with E-state index in [4.69, 9.17) is 0 Å². The average Bonchev–Trinajstić information content (AvgIpc) is 2.85. The molecule has 140 valence electrons. The largest absolute Gasteiger partial charge is 0.354 e. The van der Waals surface area contributed by atoms with Crippen LogP contribution in [0.15, 0.2) is 29.3 Å². The van der Waals surface area contributed by atoms with Crippen LogP contribution in [-0.4, -0.2) is 28.6 Å². The van der Waals surface area contributed by atoms with Gasteiger partial charge in [0.2, 0.25) is 0 Å². The number of para-hydroxylation sites is 2. The van der Waals surface area contributed by atoms with Gasteiger partial charge in [0.15, 0.2) is 5.96 Å². The average molecular weight is 457 g/mol. The Balaban J connectivity index is 0.00000312. The molecule has 0 radical (unpaired) electrons. The van der Waals surface area contributed by atoms with E-state index in [1.165, 1.54) is 6.42 Å². The predicted octanol–water partition coefficient (Wildman–Crippen LogP) is 4.07. The number of hydrogen-bond acceptors (Lipinski definition) is 2. The van der Waals surface area contributed by atoms with E-state index in [-0.39, 0.29) is 24.0 Å². The van der Waals surface area contributed by atoms with Crippen molar-refractivity contribution in [1.82, 2.24) is 20.2 Å². The first-order valence-electron chi connectivity index (χ1n) is 8.67. The molecule has 1 unspecified atom stereocenters. The van der Waals surface area contributed by atoms with Crippen LogP contribution in [0.3, 0.4) is 0 Å². The molecule has 1 aromatic heterocycles. The smallest absolute Gasteiger partial charge is 0.191 e. The van der Waals surface area contributed by atoms with Gasteiger partial charge in [-0.1, -0.05) is 32.9 Å². The third-order valence-corrected chi connectivity index (χ3v) is 4.23. The zero-order chi connectivity index (χ0) is 17.7. The molecule has 0 aliphatic heterocycles. The Hall–Kier alpha value is -1.31. The van der Waals surface area contributed by atoms with Crippen molar-refractivity contribution in [1.29, 1.82) is 0 Å². The van der Waals surface area contributed by atoms with Crippen LogP contribution >= 0.6 is 24.0 Å². The van der Waals surface area contributed by atoms with E-state index in [1.807, 2.05) is 18.2 Å². The fourth-order valence-corrected chi connectivity index (χ4v) is 2.67. The first-order valence-corrected chi connectivity index (χ1v) is 8.67. The third-order valence-electron chi connectivity index (χ3n) is 4.23. The molecule has 2 N–H and O–H groups in total. The van der Waals surface area contributed by atoms with Gasteiger partial charge in [0.25, 0.3) is 0 Å². The highest BCUT2D eigenvalue weighted by Crippen LogP contribution is 2.21. The molecule has 6 heteroatoms. The topological polar surface area (TPSA) is 54.2 Å². The van der Waals surface area contributed by atoms with Crippen LogP contribution in [0, 0.1) is 5.41 Å². The van der Waals surface area contributed by atoms with Gasteiger partial charge in [-0.3, -0.25) is 4.99 Å². The lowest BCUT2D eigenvalue weighted by Gasteiger charge is -2.23. The van der Waals surface area contributed by atoms with E-state index in [0.717, 1.165) is 29.2 Å². The van der Waals surface area contributed by atoms with Crippen molar-refractivity contribution in [2.24, 2.45) is 17.5 Å². The second-order valence-corrected chi connectivity index (χ2v) is 7.65. The lowest BCUT2D eigenvalue weighted by Crippen LogP contribution is -2.42. The fourth-order valence-electron chi connectivity index (χ4n) is 2.67. The monoisotopic (exact) mass is 457 g/mol. The van der Waals surface area contributed by atoms with Crippen LogP contribution in [0.2, 0.25) is 0 Å². The number of hydrogen-bond donors (Lipinski definition) is 2. The first-order chi connectivity index (χ1) is 11.3. The molecular formula is C19H32IN5. The third kappa shape index (κ3) is 6.49. The summed E-state index contributed by atoms with van der Waals surface area (Å²) in [6.07, 6.45) is 2.30. The Morgan fingerprint density at radius 3 is 2.56 bits per heavy atom. The van der Waals surface area contributed by atoms with Crippen molar-refractivity contribution >= 4 is 41.0 Å². The minimum absolute atomic E-state index is 0. The summed E-state index contributed by atoms with van der Waals surface area (Å²) < 4.78 is 2.12. The molecule has 1 heterocycles. The molecule has 0 fully saturated rings. The lowest BCUT2D eigenvalue weighted by molar-refractivity contribution is 0.346. The van der Waals surface area contributed by atoms with Gasteiger partial charge in [0, 0.05) is 20.1 Å². The molecule has 0 bridgehead atoms. The van der Waals surface area contributed by atoms with Gasteiger partial charge >= 0.3 is 0 Å². The van der Waals surface area contributed by atoms with Gasteiger partial charge in [-0.05, 0) is 37.3 Å². The Morgan fingerprint density at radius 2 is 1.96 bits per heavy atom. The molecule has 0 saturated heterocycles. The summed E-state index contributed by atoms with van der Waals surface area (Å²) in [6, 6.07) is 8.58. The van der Waals surface area contributed by atoms with Crippen molar-refractivity contribution in [3.63, 3.8) is 0 Å². The van der Waals surface area contributed by atoms with E-state index in [2.05, 4.69) is 66.0 Å². The molecule has 5 nitrogen and oxygen atoms in total. The van der Waals surface area contributed by atoms with Crippen LogP contribution in [0.25, 0.3) is 11.0 Å². The number of aromatic nitrogens is 2. The van der Waals surface area contributed by atoms with Crippen molar-refractivity contribution in [3.8, 4) is 0 Å². The van der Waals surface area contributed by atoms with E-state index in [0.29, 0.717) is 18.0 Å². The summed E-state index contributed by atoms with van der Waals surface area (Å²) in [7, 11) is 3.86. The number of rotatable bonds is 5. The van der Waals surface area contributed by atoms with E-state index in [1.54, 1.807) is 7.05 Å². The molecule has 0 aliphatic rings. The second-order valence-electron chi connectivity index (χ2n) is 7.65. The van der Waals surface area contributed by atoms with E-state index < -0.39 is 0 Å². The molecule has 1 aromatic carbocycles. The maximum atomic E-state index is 4.68. The number of nitrogens with one attached hydrogen (secondary N) is 2. The van der Waals surface area contributed by atoms with Gasteiger partial charge in [0.1, 0.15) is 5.82 Å². The minimum atomic E-state index is 0. The number of halogens is 1. The highest BCUT2D eigenvalue weighted by Gasteiger charge is 2.14. The first kappa shape index (κ1) is 21.7. The van der Waals surface area contributed by atoms with Gasteiger partial charge in [0.05, 0.1) is 17.6 Å². The normalized spacial score (nSPS) is 13.4. The van der Waals surface area contributed by atoms with Gasteiger partial charge in [-0.15, -0.1) is 24.0 Å². The molecule has 0 spiro atoms. The van der Waals surface area contributed by atoms with E-state index in [9.17, 15) is 0 Å². The Labute approximate surface area is 168 Å². The van der Waals surface area contributed by atoms with Crippen LogP contribution in [-0.2, 0) is 13.6 Å². The molecular weight excluding hydrogens is 425 g/mol. The summed E-state index contributed by atoms with van der Waals surface area (Å²) in [4.78, 5) is 9.01. The Morgan fingerprint density at radius 1 is 1.28 bits per heavy atom. The van der Waals surface area contributed by atoms with Gasteiger partial charge < -0.3 is 15.2 Å². The number of aliphatic imine (C=N–C) groups is 1. The zero-order valence-electron chi connectivity index (χ0n) is 16.3. The van der Waals surface area contributed by atoms with Crippen LogP contribution in [0.1, 0.15) is 46.4 Å². The summed E-state index contributed by atoms with van der Waals surface area (Å²) in [5.74, 6) is 1.82. The molecule has 1 atom stereocenters. The van der Waals surface area contributed by atoms with Crippen LogP contribution in [0.4, 0.5) is 0 Å². The number of nitrogens with zero attached hydrogens (tertiary/aromatic N) is 3. The Bertz CT molecular complexity index is 699. The summed E-state index contributed by atoms with van der Waals surface area (Å²) in [6.45, 7) is 9.68. The minimum Gasteiger partial charge on any atom is -0.354 e. The molecule has 0 saturated carbocycles. The predicted molar refractivity (Wildman–Crippen MR) is 118 cm³/mol. The fraction of sp³-hybridized carbons (Fsp3) is 0.579. The summed E-state index contributed by atoms with van der Waals surface area (Å²) in [5.41, 5.74) is 2.54. The molecule has 2 rings (SSSR count).